The van der Waals surface area contributed by atoms with E-state index in [1.54, 1.807) is 26.1 Å². The lowest BCUT2D eigenvalue weighted by molar-refractivity contribution is -0.141. The maximum atomic E-state index is 14.1. The molecule has 4 aromatic rings. The lowest BCUT2D eigenvalue weighted by Crippen LogP contribution is -2.38. The van der Waals surface area contributed by atoms with Crippen LogP contribution in [0.4, 0.5) is 27.6 Å². The number of hydrogen-bond donors (Lipinski definition) is 2. The van der Waals surface area contributed by atoms with Gasteiger partial charge in [-0.05, 0) is 63.1 Å². The van der Waals surface area contributed by atoms with Crippen LogP contribution in [0.15, 0.2) is 42.6 Å². The molecule has 2 N–H and O–H groups in total. The minimum Gasteiger partial charge on any atom is -0.485 e. The van der Waals surface area contributed by atoms with Crippen molar-refractivity contribution in [1.29, 1.82) is 0 Å². The van der Waals surface area contributed by atoms with Crippen LogP contribution in [0.1, 0.15) is 58.1 Å². The van der Waals surface area contributed by atoms with Gasteiger partial charge in [-0.25, -0.2) is 18.7 Å². The maximum absolute atomic E-state index is 14.1. The first-order valence-electron chi connectivity index (χ1n) is 12.1. The van der Waals surface area contributed by atoms with Gasteiger partial charge in [0.2, 0.25) is 0 Å². The first-order valence-corrected chi connectivity index (χ1v) is 12.1. The predicted octanol–water partition coefficient (Wildman–Crippen LogP) is 5.90. The number of nitrogens with one attached hydrogen (secondary N) is 2. The molecule has 2 unspecified atom stereocenters. The van der Waals surface area contributed by atoms with Gasteiger partial charge < -0.3 is 15.4 Å². The Hall–Kier alpha value is -4.22. The highest BCUT2D eigenvalue weighted by Gasteiger charge is 2.36. The summed E-state index contributed by atoms with van der Waals surface area (Å²) in [6, 6.07) is 6.42. The van der Waals surface area contributed by atoms with Crippen LogP contribution in [0, 0.1) is 25.5 Å². The number of alkyl halides is 3. The molecule has 1 amide bonds. The molecule has 0 saturated carbocycles. The summed E-state index contributed by atoms with van der Waals surface area (Å²) in [5.41, 5.74) is 0.611. The number of amides is 1. The molecule has 12 heteroatoms. The van der Waals surface area contributed by atoms with Gasteiger partial charge in [0.25, 0.3) is 5.91 Å². The highest BCUT2D eigenvalue weighted by molar-refractivity contribution is 5.95. The van der Waals surface area contributed by atoms with Crippen molar-refractivity contribution in [3.8, 4) is 5.75 Å². The number of aromatic nitrogens is 3. The Morgan fingerprint density at radius 3 is 2.56 bits per heavy atom. The number of hydrogen-bond acceptors (Lipinski definition) is 5. The van der Waals surface area contributed by atoms with Crippen molar-refractivity contribution in [1.82, 2.24) is 19.7 Å². The fourth-order valence-corrected chi connectivity index (χ4v) is 4.72. The van der Waals surface area contributed by atoms with Gasteiger partial charge in [-0.1, -0.05) is 6.07 Å². The van der Waals surface area contributed by atoms with Crippen LogP contribution in [0.3, 0.4) is 0 Å². The normalized spacial score (nSPS) is 17.0. The molecular formula is C27H24F5N5O2. The first-order chi connectivity index (χ1) is 18.4. The second kappa shape index (κ2) is 9.83. The highest BCUT2D eigenvalue weighted by atomic mass is 19.4. The molecule has 0 fully saturated rings. The van der Waals surface area contributed by atoms with Crippen LogP contribution < -0.4 is 15.4 Å². The van der Waals surface area contributed by atoms with Gasteiger partial charge in [0.1, 0.15) is 29.6 Å². The molecule has 0 saturated heterocycles. The quantitative estimate of drug-likeness (QED) is 0.306. The van der Waals surface area contributed by atoms with Crippen molar-refractivity contribution in [2.24, 2.45) is 0 Å². The average molecular weight is 546 g/mol. The molecule has 1 aromatic carbocycles. The summed E-state index contributed by atoms with van der Waals surface area (Å²) in [7, 11) is 0. The van der Waals surface area contributed by atoms with Gasteiger partial charge in [-0.2, -0.15) is 13.2 Å². The third kappa shape index (κ3) is 5.10. The van der Waals surface area contributed by atoms with Gasteiger partial charge >= 0.3 is 6.18 Å². The van der Waals surface area contributed by atoms with Gasteiger partial charge in [0.15, 0.2) is 11.4 Å². The van der Waals surface area contributed by atoms with Crippen LogP contribution in [-0.2, 0) is 12.8 Å². The van der Waals surface area contributed by atoms with Crippen LogP contribution in [0.2, 0.25) is 0 Å². The molecule has 39 heavy (non-hydrogen) atoms. The van der Waals surface area contributed by atoms with E-state index in [1.165, 1.54) is 16.5 Å². The molecule has 3 aromatic heterocycles. The molecule has 204 valence electrons. The Morgan fingerprint density at radius 1 is 1.15 bits per heavy atom. The Morgan fingerprint density at radius 2 is 1.87 bits per heavy atom. The van der Waals surface area contributed by atoms with E-state index in [2.05, 4.69) is 20.6 Å². The third-order valence-electron chi connectivity index (χ3n) is 6.49. The molecule has 0 radical (unpaired) electrons. The van der Waals surface area contributed by atoms with Gasteiger partial charge in [-0.3, -0.25) is 9.20 Å². The number of nitrogens with zero attached hydrogens (tertiary/aromatic N) is 3. The van der Waals surface area contributed by atoms with Gasteiger partial charge in [-0.15, -0.1) is 0 Å². The minimum absolute atomic E-state index is 0.0925. The number of pyridine rings is 2. The molecule has 0 spiro atoms. The zero-order valence-electron chi connectivity index (χ0n) is 21.2. The van der Waals surface area contributed by atoms with Crippen LogP contribution >= 0.6 is 0 Å². The van der Waals surface area contributed by atoms with Crippen molar-refractivity contribution in [2.45, 2.75) is 52.1 Å². The molecule has 1 aliphatic rings. The number of fused-ring (bicyclic) bond motifs is 2. The van der Waals surface area contributed by atoms with Crippen LogP contribution in [0.5, 0.6) is 5.75 Å². The Bertz CT molecular complexity index is 1560. The zero-order chi connectivity index (χ0) is 28.1. The molecule has 5 rings (SSSR count). The van der Waals surface area contributed by atoms with E-state index in [0.717, 1.165) is 18.2 Å². The largest absolute Gasteiger partial charge is 0.485 e. The number of aryl methyl sites for hydroxylation is 2. The van der Waals surface area contributed by atoms with E-state index in [4.69, 9.17) is 4.74 Å². The lowest BCUT2D eigenvalue weighted by atomic mass is 9.97. The molecule has 1 aliphatic heterocycles. The molecule has 0 bridgehead atoms. The summed E-state index contributed by atoms with van der Waals surface area (Å²) in [6.45, 7) is 4.81. The second-order valence-corrected chi connectivity index (χ2v) is 9.54. The number of anilines is 1. The van der Waals surface area contributed by atoms with E-state index in [1.807, 2.05) is 6.92 Å². The van der Waals surface area contributed by atoms with Crippen molar-refractivity contribution in [2.75, 3.05) is 5.32 Å². The topological polar surface area (TPSA) is 80.5 Å². The molecule has 4 heterocycles. The Labute approximate surface area is 220 Å². The van der Waals surface area contributed by atoms with Gasteiger partial charge in [0, 0.05) is 12.2 Å². The average Bonchev–Trinajstić information content (AvgIpc) is 3.18. The highest BCUT2D eigenvalue weighted by Crippen LogP contribution is 2.36. The number of rotatable bonds is 5. The molecule has 2 atom stereocenters. The third-order valence-corrected chi connectivity index (χ3v) is 6.49. The number of ether oxygens (including phenoxy) is 1. The van der Waals surface area contributed by atoms with E-state index >= 15 is 0 Å². The second-order valence-electron chi connectivity index (χ2n) is 9.54. The summed E-state index contributed by atoms with van der Waals surface area (Å²) in [5, 5.41) is 5.92. The monoisotopic (exact) mass is 545 g/mol. The summed E-state index contributed by atoms with van der Waals surface area (Å²) >= 11 is 0. The standard InChI is InChI=1S/C27H24F5N5O2/c1-13-9-21(39-12-16-17(28)5-4-6-18(16)29)25-34-15(3)24(37(25)11-13)26(38)35-20-10-14(2)33-19-7-8-22(27(30,31)32)36-23(19)20/h4-9,11,14,20,33H,10,12H2,1-3H3,(H,35,38). The van der Waals surface area contributed by atoms with Crippen molar-refractivity contribution in [3.05, 3.63) is 88.1 Å². The zero-order valence-corrected chi connectivity index (χ0v) is 21.2. The lowest BCUT2D eigenvalue weighted by Gasteiger charge is -2.31. The van der Waals surface area contributed by atoms with Crippen LogP contribution in [-0.4, -0.2) is 26.3 Å². The number of carbonyl (C=O) groups is 1. The summed E-state index contributed by atoms with van der Waals surface area (Å²) in [4.78, 5) is 21.8. The summed E-state index contributed by atoms with van der Waals surface area (Å²) < 4.78 is 75.4. The molecular weight excluding hydrogens is 521 g/mol. The summed E-state index contributed by atoms with van der Waals surface area (Å²) in [6.07, 6.45) is -2.67. The van der Waals surface area contributed by atoms with Crippen molar-refractivity contribution < 1.29 is 31.5 Å². The predicted molar refractivity (Wildman–Crippen MR) is 133 cm³/mol. The van der Waals surface area contributed by atoms with E-state index in [-0.39, 0.29) is 34.4 Å². The summed E-state index contributed by atoms with van der Waals surface area (Å²) in [5.74, 6) is -1.87. The SMILES string of the molecule is Cc1cc(OCc2c(F)cccc2F)c2nc(C)c(C(=O)NC3CC(C)Nc4ccc(C(F)(F)F)nc43)n2c1. The smallest absolute Gasteiger partial charge is 0.433 e. The van der Waals surface area contributed by atoms with Crippen molar-refractivity contribution >= 4 is 17.2 Å². The Balaban J connectivity index is 1.47. The van der Waals surface area contributed by atoms with E-state index in [0.29, 0.717) is 23.4 Å². The number of carbonyl (C=O) groups excluding carboxylic acids is 1. The van der Waals surface area contributed by atoms with Gasteiger partial charge in [0.05, 0.1) is 28.7 Å². The Kier molecular flexibility index (Phi) is 6.65. The maximum Gasteiger partial charge on any atom is 0.433 e. The fourth-order valence-electron chi connectivity index (χ4n) is 4.72. The van der Waals surface area contributed by atoms with Crippen molar-refractivity contribution in [3.63, 3.8) is 0 Å². The first kappa shape index (κ1) is 26.4. The van der Waals surface area contributed by atoms with E-state index < -0.39 is 42.1 Å². The number of imidazole rings is 1. The van der Waals surface area contributed by atoms with E-state index in [9.17, 15) is 26.7 Å². The molecule has 7 nitrogen and oxygen atoms in total. The number of halogens is 5. The molecule has 0 aliphatic carbocycles. The van der Waals surface area contributed by atoms with Crippen LogP contribution in [0.25, 0.3) is 5.65 Å². The fraction of sp³-hybridized carbons (Fsp3) is 0.296. The minimum atomic E-state index is -4.63. The number of benzene rings is 1.